The molecule has 184 valence electrons. The second-order valence-corrected chi connectivity index (χ2v) is 10.1. The van der Waals surface area contributed by atoms with E-state index in [-0.39, 0.29) is 22.4 Å². The Labute approximate surface area is 200 Å². The molecule has 0 unspecified atom stereocenters. The molecule has 0 aromatic carbocycles. The van der Waals surface area contributed by atoms with Gasteiger partial charge in [0.15, 0.2) is 0 Å². The van der Waals surface area contributed by atoms with E-state index in [0.29, 0.717) is 16.1 Å². The molecule has 11 heteroatoms. The van der Waals surface area contributed by atoms with Crippen LogP contribution in [0.5, 0.6) is 0 Å². The Balaban J connectivity index is 2.46. The zero-order chi connectivity index (χ0) is 25.9. The zero-order valence-electron chi connectivity index (χ0n) is 19.7. The molecule has 2 aromatic rings. The van der Waals surface area contributed by atoms with E-state index in [2.05, 4.69) is 23.6 Å². The van der Waals surface area contributed by atoms with E-state index < -0.39 is 35.4 Å². The first-order valence-electron chi connectivity index (χ1n) is 10.1. The average molecular weight is 498 g/mol. The number of carbonyl (C=O) groups excluding carboxylic acids is 2. The van der Waals surface area contributed by atoms with Crippen LogP contribution in [0.3, 0.4) is 0 Å². The Hall–Kier alpha value is -3.13. The van der Waals surface area contributed by atoms with E-state index in [1.807, 2.05) is 0 Å². The SMILES string of the molecule is C=Nc1cccn2c(SC(F)(F)F)c(C#CCN(C(=O)OC(C)(C)C)C(=O)OC(C)(C)C)cc12. The van der Waals surface area contributed by atoms with Crippen molar-refractivity contribution in [1.82, 2.24) is 9.30 Å². The number of halogens is 3. The summed E-state index contributed by atoms with van der Waals surface area (Å²) in [5.41, 5.74) is -5.55. The predicted molar refractivity (Wildman–Crippen MR) is 125 cm³/mol. The highest BCUT2D eigenvalue weighted by atomic mass is 32.2. The van der Waals surface area contributed by atoms with Crippen LogP contribution < -0.4 is 0 Å². The number of nitrogens with zero attached hydrogens (tertiary/aromatic N) is 3. The van der Waals surface area contributed by atoms with Crippen molar-refractivity contribution >= 4 is 41.9 Å². The molecule has 0 saturated heterocycles. The number of amides is 2. The molecular weight excluding hydrogens is 471 g/mol. The van der Waals surface area contributed by atoms with Crippen molar-refractivity contribution in [2.45, 2.75) is 63.3 Å². The Morgan fingerprint density at radius 3 is 2.15 bits per heavy atom. The second kappa shape index (κ2) is 10.0. The number of pyridine rings is 1. The first-order valence-corrected chi connectivity index (χ1v) is 10.9. The average Bonchev–Trinajstić information content (AvgIpc) is 2.98. The molecular formula is C23H26F3N3O4S. The Morgan fingerprint density at radius 1 is 1.12 bits per heavy atom. The first-order chi connectivity index (χ1) is 15.5. The predicted octanol–water partition coefficient (Wildman–Crippen LogP) is 6.41. The molecule has 0 aliphatic rings. The molecule has 0 N–H and O–H groups in total. The highest BCUT2D eigenvalue weighted by molar-refractivity contribution is 8.00. The Bertz CT molecular complexity index is 1120. The minimum atomic E-state index is -4.57. The van der Waals surface area contributed by atoms with Gasteiger partial charge < -0.3 is 13.9 Å². The summed E-state index contributed by atoms with van der Waals surface area (Å²) in [6.45, 7) is 12.7. The van der Waals surface area contributed by atoms with Gasteiger partial charge in [-0.25, -0.2) is 14.5 Å². The number of rotatable bonds is 3. The van der Waals surface area contributed by atoms with E-state index >= 15 is 0 Å². The van der Waals surface area contributed by atoms with Crippen LogP contribution in [-0.2, 0) is 9.47 Å². The van der Waals surface area contributed by atoms with Gasteiger partial charge in [0.05, 0.1) is 23.3 Å². The van der Waals surface area contributed by atoms with E-state index in [9.17, 15) is 22.8 Å². The molecule has 2 rings (SSSR count). The quantitative estimate of drug-likeness (QED) is 0.278. The fourth-order valence-electron chi connectivity index (χ4n) is 2.65. The smallest absolute Gasteiger partial charge is 0.443 e. The summed E-state index contributed by atoms with van der Waals surface area (Å²) < 4.78 is 51.5. The van der Waals surface area contributed by atoms with Crippen LogP contribution in [-0.4, -0.2) is 51.5 Å². The lowest BCUT2D eigenvalue weighted by Gasteiger charge is -2.27. The van der Waals surface area contributed by atoms with Gasteiger partial charge in [0.25, 0.3) is 0 Å². The lowest BCUT2D eigenvalue weighted by molar-refractivity contribution is -0.0330. The summed E-state index contributed by atoms with van der Waals surface area (Å²) in [7, 11) is 0. The summed E-state index contributed by atoms with van der Waals surface area (Å²) in [5, 5.41) is -0.179. The van der Waals surface area contributed by atoms with Gasteiger partial charge >= 0.3 is 17.7 Å². The minimum absolute atomic E-state index is 0.0479. The number of aliphatic imine (C=N–C) groups is 1. The van der Waals surface area contributed by atoms with Gasteiger partial charge in [-0.15, -0.1) is 0 Å². The van der Waals surface area contributed by atoms with E-state index in [1.165, 1.54) is 16.7 Å². The van der Waals surface area contributed by atoms with E-state index in [1.54, 1.807) is 53.7 Å². The van der Waals surface area contributed by atoms with Crippen molar-refractivity contribution in [2.75, 3.05) is 6.54 Å². The highest BCUT2D eigenvalue weighted by Gasteiger charge is 2.33. The number of ether oxygens (including phenoxy) is 2. The topological polar surface area (TPSA) is 72.6 Å². The maximum atomic E-state index is 13.2. The number of carbonyl (C=O) groups is 2. The largest absolute Gasteiger partial charge is 0.447 e. The van der Waals surface area contributed by atoms with Gasteiger partial charge in [-0.1, -0.05) is 11.8 Å². The third-order valence-corrected chi connectivity index (χ3v) is 4.65. The van der Waals surface area contributed by atoms with Crippen LogP contribution in [0.15, 0.2) is 34.4 Å². The number of aromatic nitrogens is 1. The molecule has 2 amide bonds. The monoisotopic (exact) mass is 497 g/mol. The first kappa shape index (κ1) is 27.1. The fraction of sp³-hybridized carbons (Fsp3) is 0.435. The van der Waals surface area contributed by atoms with Crippen molar-refractivity contribution < 1.29 is 32.2 Å². The molecule has 7 nitrogen and oxygen atoms in total. The Morgan fingerprint density at radius 2 is 1.68 bits per heavy atom. The molecule has 2 heterocycles. The molecule has 0 spiro atoms. The van der Waals surface area contributed by atoms with Gasteiger partial charge in [-0.3, -0.25) is 4.99 Å². The highest BCUT2D eigenvalue weighted by Crippen LogP contribution is 2.40. The summed E-state index contributed by atoms with van der Waals surface area (Å²) >= 11 is -0.329. The normalized spacial score (nSPS) is 12.0. The second-order valence-electron chi connectivity index (χ2n) is 9.07. The van der Waals surface area contributed by atoms with Crippen LogP contribution in [0.25, 0.3) is 5.52 Å². The molecule has 0 saturated carbocycles. The summed E-state index contributed by atoms with van der Waals surface area (Å²) in [6.07, 6.45) is -0.515. The molecule has 2 aromatic heterocycles. The molecule has 0 fully saturated rings. The van der Waals surface area contributed by atoms with Crippen molar-refractivity contribution in [2.24, 2.45) is 4.99 Å². The number of thioether (sulfide) groups is 1. The minimum Gasteiger partial charge on any atom is -0.443 e. The van der Waals surface area contributed by atoms with Crippen LogP contribution >= 0.6 is 11.8 Å². The van der Waals surface area contributed by atoms with Gasteiger partial charge in [0.2, 0.25) is 0 Å². The molecule has 0 aliphatic heterocycles. The van der Waals surface area contributed by atoms with Gasteiger partial charge in [0, 0.05) is 18.0 Å². The number of alkyl halides is 3. The zero-order valence-corrected chi connectivity index (χ0v) is 20.6. The van der Waals surface area contributed by atoms with Gasteiger partial charge in [-0.05, 0) is 66.5 Å². The molecule has 0 aliphatic carbocycles. The summed E-state index contributed by atoms with van der Waals surface area (Å²) in [6, 6.07) is 4.59. The molecule has 0 bridgehead atoms. The van der Waals surface area contributed by atoms with Crippen molar-refractivity contribution in [3.63, 3.8) is 0 Å². The number of fused-ring (bicyclic) bond motifs is 1. The standard InChI is InChI=1S/C23H26F3N3O4S/c1-21(2,3)32-19(30)29(20(31)33-22(4,5)6)13-8-10-15-14-17-16(27-7)11-9-12-28(17)18(15)34-23(24,25)26/h9,11-12,14H,7,13H2,1-6H3. The van der Waals surface area contributed by atoms with Crippen molar-refractivity contribution in [3.05, 3.63) is 30.0 Å². The van der Waals surface area contributed by atoms with E-state index in [0.717, 1.165) is 0 Å². The van der Waals surface area contributed by atoms with Crippen LogP contribution in [0.1, 0.15) is 47.1 Å². The van der Waals surface area contributed by atoms with Crippen molar-refractivity contribution in [3.8, 4) is 11.8 Å². The summed E-state index contributed by atoms with van der Waals surface area (Å²) in [4.78, 5) is 29.6. The lowest BCUT2D eigenvalue weighted by Crippen LogP contribution is -2.43. The third-order valence-electron chi connectivity index (χ3n) is 3.81. The van der Waals surface area contributed by atoms with Crippen LogP contribution in [0, 0.1) is 11.8 Å². The van der Waals surface area contributed by atoms with E-state index in [4.69, 9.17) is 9.47 Å². The van der Waals surface area contributed by atoms with Crippen LogP contribution in [0.4, 0.5) is 28.4 Å². The number of imide groups is 1. The number of hydrogen-bond acceptors (Lipinski definition) is 6. The molecule has 0 radical (unpaired) electrons. The van der Waals surface area contributed by atoms with Gasteiger partial charge in [-0.2, -0.15) is 13.2 Å². The van der Waals surface area contributed by atoms with Crippen molar-refractivity contribution in [1.29, 1.82) is 0 Å². The lowest BCUT2D eigenvalue weighted by atomic mass is 10.2. The fourth-order valence-corrected chi connectivity index (χ4v) is 3.34. The number of hydrogen-bond donors (Lipinski definition) is 0. The molecule has 34 heavy (non-hydrogen) atoms. The third kappa shape index (κ3) is 7.73. The maximum Gasteiger partial charge on any atom is 0.447 e. The Kier molecular flexibility index (Phi) is 7.98. The summed E-state index contributed by atoms with van der Waals surface area (Å²) in [5.74, 6) is 5.23. The van der Waals surface area contributed by atoms with Gasteiger partial charge in [0.1, 0.15) is 16.2 Å². The maximum absolute atomic E-state index is 13.2. The molecule has 0 atom stereocenters. The van der Waals surface area contributed by atoms with Crippen LogP contribution in [0.2, 0.25) is 0 Å².